The van der Waals surface area contributed by atoms with Gasteiger partial charge in [0.25, 0.3) is 0 Å². The zero-order valence-electron chi connectivity index (χ0n) is 7.84. The summed E-state index contributed by atoms with van der Waals surface area (Å²) in [5.74, 6) is -3.29. The Morgan fingerprint density at radius 1 is 1.20 bits per heavy atom. The number of carbonyl (C=O) groups excluding carboxylic acids is 1. The van der Waals surface area contributed by atoms with E-state index in [2.05, 4.69) is 0 Å². The molecule has 1 unspecified atom stereocenters. The van der Waals surface area contributed by atoms with Crippen molar-refractivity contribution in [2.24, 2.45) is 5.73 Å². The lowest BCUT2D eigenvalue weighted by Crippen LogP contribution is -2.13. The van der Waals surface area contributed by atoms with Crippen LogP contribution in [0.5, 0.6) is 0 Å². The second-order valence-electron chi connectivity index (χ2n) is 3.14. The van der Waals surface area contributed by atoms with Crippen LogP contribution in [0.3, 0.4) is 0 Å². The summed E-state index contributed by atoms with van der Waals surface area (Å²) in [6.45, 7) is 0. The number of carbonyl (C=O) groups is 1. The van der Waals surface area contributed by atoms with Gasteiger partial charge in [0.15, 0.2) is 11.6 Å². The Hall–Kier alpha value is -1.36. The van der Waals surface area contributed by atoms with E-state index in [1.807, 2.05) is 0 Å². The third kappa shape index (κ3) is 2.79. The molecule has 0 saturated carbocycles. The molecular formula is C10H10F3NO. The summed E-state index contributed by atoms with van der Waals surface area (Å²) in [6, 6.07) is 0.372. The predicted octanol–water partition coefficient (Wildman–Crippen LogP) is 2.08. The van der Waals surface area contributed by atoms with Crippen LogP contribution in [-0.4, -0.2) is 6.29 Å². The van der Waals surface area contributed by atoms with Crippen molar-refractivity contribution in [3.63, 3.8) is 0 Å². The highest BCUT2D eigenvalue weighted by atomic mass is 19.2. The van der Waals surface area contributed by atoms with Crippen molar-refractivity contribution in [1.29, 1.82) is 0 Å². The standard InChI is InChI=1S/C10H10F3NO/c11-7-5-9(13)8(12)4-6(7)10(14)2-1-3-15/h3-5,10H,1-2,14H2. The first-order valence-corrected chi connectivity index (χ1v) is 4.40. The molecule has 0 radical (unpaired) electrons. The number of rotatable bonds is 4. The van der Waals surface area contributed by atoms with E-state index in [0.717, 1.165) is 6.07 Å². The molecule has 0 aliphatic carbocycles. The van der Waals surface area contributed by atoms with Crippen LogP contribution in [0.15, 0.2) is 12.1 Å². The number of aldehydes is 1. The minimum atomic E-state index is -1.25. The fraction of sp³-hybridized carbons (Fsp3) is 0.300. The van der Waals surface area contributed by atoms with E-state index in [-0.39, 0.29) is 18.4 Å². The predicted molar refractivity (Wildman–Crippen MR) is 48.5 cm³/mol. The molecule has 1 aromatic carbocycles. The minimum absolute atomic E-state index is 0.115. The van der Waals surface area contributed by atoms with Crippen LogP contribution in [0.2, 0.25) is 0 Å². The summed E-state index contributed by atoms with van der Waals surface area (Å²) < 4.78 is 38.5. The quantitative estimate of drug-likeness (QED) is 0.619. The van der Waals surface area contributed by atoms with E-state index in [1.54, 1.807) is 0 Å². The van der Waals surface area contributed by atoms with E-state index in [1.165, 1.54) is 0 Å². The fourth-order valence-electron chi connectivity index (χ4n) is 1.23. The number of halogens is 3. The third-order valence-electron chi connectivity index (χ3n) is 2.03. The molecule has 0 aliphatic rings. The van der Waals surface area contributed by atoms with Gasteiger partial charge < -0.3 is 10.5 Å². The van der Waals surface area contributed by atoms with Gasteiger partial charge in [-0.15, -0.1) is 0 Å². The molecule has 0 saturated heterocycles. The largest absolute Gasteiger partial charge is 0.324 e. The minimum Gasteiger partial charge on any atom is -0.324 e. The highest BCUT2D eigenvalue weighted by molar-refractivity contribution is 5.49. The zero-order valence-corrected chi connectivity index (χ0v) is 7.84. The molecule has 15 heavy (non-hydrogen) atoms. The highest BCUT2D eigenvalue weighted by Gasteiger charge is 2.15. The van der Waals surface area contributed by atoms with Crippen molar-refractivity contribution >= 4 is 6.29 Å². The molecule has 0 spiro atoms. The SMILES string of the molecule is NC(CCC=O)c1cc(F)c(F)cc1F. The Morgan fingerprint density at radius 2 is 1.80 bits per heavy atom. The summed E-state index contributed by atoms with van der Waals surface area (Å²) in [5.41, 5.74) is 5.40. The lowest BCUT2D eigenvalue weighted by Gasteiger charge is -2.11. The van der Waals surface area contributed by atoms with Gasteiger partial charge in [0, 0.05) is 24.1 Å². The number of hydrogen-bond donors (Lipinski definition) is 1. The van der Waals surface area contributed by atoms with Crippen LogP contribution in [0.25, 0.3) is 0 Å². The first kappa shape index (κ1) is 11.7. The van der Waals surface area contributed by atoms with Gasteiger partial charge in [-0.05, 0) is 12.5 Å². The molecule has 2 N–H and O–H groups in total. The highest BCUT2D eigenvalue weighted by Crippen LogP contribution is 2.21. The topological polar surface area (TPSA) is 43.1 Å². The van der Waals surface area contributed by atoms with Gasteiger partial charge in [-0.25, -0.2) is 13.2 Å². The van der Waals surface area contributed by atoms with Gasteiger partial charge >= 0.3 is 0 Å². The summed E-state index contributed by atoms with van der Waals surface area (Å²) in [7, 11) is 0. The fourth-order valence-corrected chi connectivity index (χ4v) is 1.23. The maximum atomic E-state index is 13.1. The van der Waals surface area contributed by atoms with Crippen molar-refractivity contribution in [1.82, 2.24) is 0 Å². The van der Waals surface area contributed by atoms with E-state index in [4.69, 9.17) is 5.73 Å². The number of benzene rings is 1. The average molecular weight is 217 g/mol. The van der Waals surface area contributed by atoms with Gasteiger partial charge in [-0.3, -0.25) is 0 Å². The van der Waals surface area contributed by atoms with Crippen LogP contribution >= 0.6 is 0 Å². The average Bonchev–Trinajstić information content (AvgIpc) is 2.20. The maximum Gasteiger partial charge on any atom is 0.161 e. The van der Waals surface area contributed by atoms with E-state index in [0.29, 0.717) is 12.4 Å². The van der Waals surface area contributed by atoms with Crippen LogP contribution < -0.4 is 5.73 Å². The molecule has 5 heteroatoms. The molecule has 0 aliphatic heterocycles. The van der Waals surface area contributed by atoms with E-state index < -0.39 is 23.5 Å². The molecule has 0 amide bonds. The summed E-state index contributed by atoms with van der Waals surface area (Å²) >= 11 is 0. The van der Waals surface area contributed by atoms with Crippen molar-refractivity contribution in [3.8, 4) is 0 Å². The molecule has 1 atom stereocenters. The smallest absolute Gasteiger partial charge is 0.161 e. The van der Waals surface area contributed by atoms with Crippen LogP contribution in [0.1, 0.15) is 24.4 Å². The Morgan fingerprint density at radius 3 is 2.40 bits per heavy atom. The maximum absolute atomic E-state index is 13.1. The van der Waals surface area contributed by atoms with Gasteiger partial charge in [0.1, 0.15) is 12.1 Å². The van der Waals surface area contributed by atoms with Crippen molar-refractivity contribution in [3.05, 3.63) is 35.1 Å². The second kappa shape index (κ2) is 4.93. The monoisotopic (exact) mass is 217 g/mol. The summed E-state index contributed by atoms with van der Waals surface area (Å²) in [6.07, 6.45) is 0.989. The molecule has 82 valence electrons. The molecule has 2 nitrogen and oxygen atoms in total. The Labute approximate surface area is 84.9 Å². The zero-order chi connectivity index (χ0) is 11.4. The Bertz CT molecular complexity index is 368. The third-order valence-corrected chi connectivity index (χ3v) is 2.03. The first-order valence-electron chi connectivity index (χ1n) is 4.40. The van der Waals surface area contributed by atoms with Gasteiger partial charge in [-0.2, -0.15) is 0 Å². The van der Waals surface area contributed by atoms with Crippen LogP contribution in [0, 0.1) is 17.5 Å². The lowest BCUT2D eigenvalue weighted by molar-refractivity contribution is -0.108. The molecule has 0 aromatic heterocycles. The summed E-state index contributed by atoms with van der Waals surface area (Å²) in [4.78, 5) is 10.1. The van der Waals surface area contributed by atoms with Crippen LogP contribution in [0.4, 0.5) is 13.2 Å². The van der Waals surface area contributed by atoms with Gasteiger partial charge in [0.05, 0.1) is 0 Å². The normalized spacial score (nSPS) is 12.5. The Balaban J connectivity index is 2.93. The van der Waals surface area contributed by atoms with E-state index in [9.17, 15) is 18.0 Å². The Kier molecular flexibility index (Phi) is 3.85. The van der Waals surface area contributed by atoms with Gasteiger partial charge in [0.2, 0.25) is 0 Å². The number of nitrogens with two attached hydrogens (primary N) is 1. The molecule has 1 rings (SSSR count). The molecular weight excluding hydrogens is 207 g/mol. The molecule has 0 fully saturated rings. The van der Waals surface area contributed by atoms with Gasteiger partial charge in [-0.1, -0.05) is 0 Å². The summed E-state index contributed by atoms with van der Waals surface area (Å²) in [5, 5.41) is 0. The van der Waals surface area contributed by atoms with E-state index >= 15 is 0 Å². The molecule has 0 bridgehead atoms. The molecule has 0 heterocycles. The molecule has 1 aromatic rings. The first-order chi connectivity index (χ1) is 7.06. The van der Waals surface area contributed by atoms with Crippen molar-refractivity contribution < 1.29 is 18.0 Å². The van der Waals surface area contributed by atoms with Crippen LogP contribution in [-0.2, 0) is 4.79 Å². The lowest BCUT2D eigenvalue weighted by atomic mass is 10.0. The van der Waals surface area contributed by atoms with Crippen molar-refractivity contribution in [2.45, 2.75) is 18.9 Å². The number of hydrogen-bond acceptors (Lipinski definition) is 2. The van der Waals surface area contributed by atoms with Crippen molar-refractivity contribution in [2.75, 3.05) is 0 Å². The second-order valence-corrected chi connectivity index (χ2v) is 3.14.